The number of ketones is 1. The van der Waals surface area contributed by atoms with Crippen LogP contribution in [0.3, 0.4) is 0 Å². The first-order valence-electron chi connectivity index (χ1n) is 13.7. The molecule has 1 saturated heterocycles. The standard InChI is InChI=1S/C35H33NO4/c1-4-11-26-20-24(2)31(25(3)21-26)32-29(37)22-35(23-30(32)40-34(39)28-14-9-6-10-15-28)16-18-36(19-17-35)33(38)27-12-7-5-8-13-27/h5-10,12-15,20-21H,16-19,22-23H2,1-3H3. The molecule has 3 aromatic rings. The Kier molecular flexibility index (Phi) is 7.71. The number of amides is 1. The van der Waals surface area contributed by atoms with Gasteiger partial charge in [0.1, 0.15) is 5.76 Å². The summed E-state index contributed by atoms with van der Waals surface area (Å²) in [5.74, 6) is 5.97. The van der Waals surface area contributed by atoms with Crippen molar-refractivity contribution in [3.05, 3.63) is 112 Å². The third kappa shape index (κ3) is 5.49. The van der Waals surface area contributed by atoms with Crippen molar-refractivity contribution in [2.45, 2.75) is 46.5 Å². The minimum atomic E-state index is -0.474. The van der Waals surface area contributed by atoms with Gasteiger partial charge >= 0.3 is 5.97 Å². The predicted molar refractivity (Wildman–Crippen MR) is 155 cm³/mol. The van der Waals surface area contributed by atoms with Crippen molar-refractivity contribution in [3.8, 4) is 11.8 Å². The zero-order valence-electron chi connectivity index (χ0n) is 23.3. The van der Waals surface area contributed by atoms with Gasteiger partial charge in [-0.3, -0.25) is 9.59 Å². The summed E-state index contributed by atoms with van der Waals surface area (Å²) in [6.07, 6.45) is 2.16. The molecule has 0 bridgehead atoms. The number of hydrogen-bond donors (Lipinski definition) is 0. The quantitative estimate of drug-likeness (QED) is 0.284. The number of nitrogens with zero attached hydrogens (tertiary/aromatic N) is 1. The highest BCUT2D eigenvalue weighted by molar-refractivity contribution is 6.23. The first-order valence-corrected chi connectivity index (χ1v) is 13.7. The van der Waals surface area contributed by atoms with Gasteiger partial charge in [-0.2, -0.15) is 0 Å². The molecule has 202 valence electrons. The summed E-state index contributed by atoms with van der Waals surface area (Å²) in [5, 5.41) is 0. The van der Waals surface area contributed by atoms with Crippen LogP contribution in [-0.4, -0.2) is 35.6 Å². The van der Waals surface area contributed by atoms with Crippen LogP contribution >= 0.6 is 0 Å². The van der Waals surface area contributed by atoms with Crippen LogP contribution in [0, 0.1) is 31.1 Å². The van der Waals surface area contributed by atoms with E-state index in [1.54, 1.807) is 31.2 Å². The number of hydrogen-bond acceptors (Lipinski definition) is 4. The first kappa shape index (κ1) is 27.1. The minimum absolute atomic E-state index is 0.00561. The van der Waals surface area contributed by atoms with E-state index in [-0.39, 0.29) is 17.1 Å². The number of rotatable bonds is 4. The van der Waals surface area contributed by atoms with Crippen LogP contribution in [0.4, 0.5) is 0 Å². The highest BCUT2D eigenvalue weighted by Gasteiger charge is 2.45. The first-order chi connectivity index (χ1) is 19.3. The fourth-order valence-corrected chi connectivity index (χ4v) is 6.06. The highest BCUT2D eigenvalue weighted by atomic mass is 16.5. The maximum absolute atomic E-state index is 14.0. The normalized spacial score (nSPS) is 16.4. The fourth-order valence-electron chi connectivity index (χ4n) is 6.06. The second-order valence-electron chi connectivity index (χ2n) is 10.8. The Balaban J connectivity index is 1.49. The van der Waals surface area contributed by atoms with E-state index in [4.69, 9.17) is 4.74 Å². The van der Waals surface area contributed by atoms with Crippen molar-refractivity contribution in [2.75, 3.05) is 13.1 Å². The van der Waals surface area contributed by atoms with E-state index < -0.39 is 5.97 Å². The highest BCUT2D eigenvalue weighted by Crippen LogP contribution is 2.49. The molecule has 1 aliphatic heterocycles. The van der Waals surface area contributed by atoms with Gasteiger partial charge < -0.3 is 9.64 Å². The molecule has 0 radical (unpaired) electrons. The summed E-state index contributed by atoms with van der Waals surface area (Å²) in [7, 11) is 0. The molecule has 1 amide bonds. The van der Waals surface area contributed by atoms with Crippen molar-refractivity contribution in [1.82, 2.24) is 4.90 Å². The number of aryl methyl sites for hydroxylation is 2. The van der Waals surface area contributed by atoms with Crippen LogP contribution in [0.2, 0.25) is 0 Å². The lowest BCUT2D eigenvalue weighted by molar-refractivity contribution is -0.117. The van der Waals surface area contributed by atoms with Gasteiger partial charge in [0.2, 0.25) is 0 Å². The molecule has 0 saturated carbocycles. The lowest BCUT2D eigenvalue weighted by atomic mass is 9.66. The molecular formula is C35H33NO4. The number of allylic oxidation sites excluding steroid dienone is 2. The molecular weight excluding hydrogens is 498 g/mol. The molecule has 40 heavy (non-hydrogen) atoms. The number of Topliss-reactive ketones (excluding diaryl/α,β-unsaturated/α-hetero) is 1. The van der Waals surface area contributed by atoms with Crippen LogP contribution in [0.15, 0.2) is 78.6 Å². The van der Waals surface area contributed by atoms with Crippen LogP contribution in [0.25, 0.3) is 5.57 Å². The summed E-state index contributed by atoms with van der Waals surface area (Å²) in [5.41, 5.74) is 4.78. The van der Waals surface area contributed by atoms with E-state index in [1.165, 1.54) is 0 Å². The molecule has 0 N–H and O–H groups in total. The zero-order valence-corrected chi connectivity index (χ0v) is 23.3. The van der Waals surface area contributed by atoms with Gasteiger partial charge in [-0.05, 0) is 92.1 Å². The van der Waals surface area contributed by atoms with Gasteiger partial charge in [0.25, 0.3) is 5.91 Å². The number of likely N-dealkylation sites (tertiary alicyclic amines) is 1. The molecule has 0 atom stereocenters. The van der Waals surface area contributed by atoms with Crippen LogP contribution in [0.5, 0.6) is 0 Å². The van der Waals surface area contributed by atoms with Crippen LogP contribution in [-0.2, 0) is 9.53 Å². The number of ether oxygens (including phenoxy) is 1. The number of carbonyl (C=O) groups excluding carboxylic acids is 3. The molecule has 5 rings (SSSR count). The maximum Gasteiger partial charge on any atom is 0.343 e. The largest absolute Gasteiger partial charge is 0.427 e. The number of esters is 1. The number of benzene rings is 3. The summed E-state index contributed by atoms with van der Waals surface area (Å²) >= 11 is 0. The van der Waals surface area contributed by atoms with E-state index in [0.29, 0.717) is 61.2 Å². The Bertz CT molecular complexity index is 1530. The third-order valence-electron chi connectivity index (χ3n) is 8.04. The van der Waals surface area contributed by atoms with Gasteiger partial charge in [-0.15, -0.1) is 5.92 Å². The number of carbonyl (C=O) groups is 3. The molecule has 0 aromatic heterocycles. The molecule has 1 spiro atoms. The lowest BCUT2D eigenvalue weighted by Crippen LogP contribution is -2.45. The van der Waals surface area contributed by atoms with Crippen molar-refractivity contribution >= 4 is 23.2 Å². The van der Waals surface area contributed by atoms with Crippen LogP contribution < -0.4 is 0 Å². The van der Waals surface area contributed by atoms with Crippen LogP contribution in [0.1, 0.15) is 75.6 Å². The summed E-state index contributed by atoms with van der Waals surface area (Å²) in [6.45, 7) is 6.85. The van der Waals surface area contributed by atoms with E-state index in [1.807, 2.05) is 67.3 Å². The topological polar surface area (TPSA) is 63.7 Å². The Hall–Kier alpha value is -4.43. The molecule has 3 aromatic carbocycles. The molecule has 2 aliphatic rings. The molecule has 1 aliphatic carbocycles. The predicted octanol–water partition coefficient (Wildman–Crippen LogP) is 6.53. The Morgan fingerprint density at radius 1 is 0.850 bits per heavy atom. The Labute approximate surface area is 235 Å². The minimum Gasteiger partial charge on any atom is -0.427 e. The van der Waals surface area contributed by atoms with Gasteiger partial charge in [0, 0.05) is 37.1 Å². The third-order valence-corrected chi connectivity index (χ3v) is 8.04. The Morgan fingerprint density at radius 2 is 1.43 bits per heavy atom. The van der Waals surface area contributed by atoms with Crippen molar-refractivity contribution in [2.24, 2.45) is 5.41 Å². The van der Waals surface area contributed by atoms with E-state index in [2.05, 4.69) is 11.8 Å². The van der Waals surface area contributed by atoms with Gasteiger partial charge in [0.15, 0.2) is 5.78 Å². The molecule has 1 heterocycles. The molecule has 0 unspecified atom stereocenters. The fraction of sp³-hybridized carbons (Fsp3) is 0.286. The van der Waals surface area contributed by atoms with Gasteiger partial charge in [-0.1, -0.05) is 42.3 Å². The lowest BCUT2D eigenvalue weighted by Gasteiger charge is -2.44. The average molecular weight is 532 g/mol. The maximum atomic E-state index is 14.0. The molecule has 5 nitrogen and oxygen atoms in total. The second-order valence-corrected chi connectivity index (χ2v) is 10.8. The van der Waals surface area contributed by atoms with Gasteiger partial charge in [0.05, 0.1) is 11.1 Å². The zero-order chi connectivity index (χ0) is 28.3. The average Bonchev–Trinajstić information content (AvgIpc) is 2.95. The summed E-state index contributed by atoms with van der Waals surface area (Å²) in [6, 6.07) is 22.1. The number of piperidine rings is 1. The van der Waals surface area contributed by atoms with Crippen molar-refractivity contribution in [3.63, 3.8) is 0 Å². The van der Waals surface area contributed by atoms with Crippen molar-refractivity contribution in [1.29, 1.82) is 0 Å². The SMILES string of the molecule is CC#Cc1cc(C)c(C2=C(OC(=O)c3ccccc3)CC3(CCN(C(=O)c4ccccc4)CC3)CC2=O)c(C)c1. The Morgan fingerprint density at radius 3 is 2.00 bits per heavy atom. The van der Waals surface area contributed by atoms with Crippen molar-refractivity contribution < 1.29 is 19.1 Å². The summed E-state index contributed by atoms with van der Waals surface area (Å²) in [4.78, 5) is 42.1. The smallest absolute Gasteiger partial charge is 0.343 e. The van der Waals surface area contributed by atoms with E-state index >= 15 is 0 Å². The van der Waals surface area contributed by atoms with E-state index in [0.717, 1.165) is 22.3 Å². The second kappa shape index (κ2) is 11.4. The summed E-state index contributed by atoms with van der Waals surface area (Å²) < 4.78 is 6.09. The monoisotopic (exact) mass is 531 g/mol. The van der Waals surface area contributed by atoms with Gasteiger partial charge in [-0.25, -0.2) is 4.79 Å². The molecule has 5 heteroatoms. The molecule has 1 fully saturated rings. The van der Waals surface area contributed by atoms with E-state index in [9.17, 15) is 14.4 Å².